The average Bonchev–Trinajstić information content (AvgIpc) is 2.92. The highest BCUT2D eigenvalue weighted by molar-refractivity contribution is 5.84. The van der Waals surface area contributed by atoms with E-state index in [0.717, 1.165) is 13.0 Å². The summed E-state index contributed by atoms with van der Waals surface area (Å²) in [5.74, 6) is 0.366. The monoisotopic (exact) mass is 278 g/mol. The molecule has 0 amide bonds. The van der Waals surface area contributed by atoms with Crippen LogP contribution >= 0.6 is 0 Å². The Morgan fingerprint density at radius 1 is 1.00 bits per heavy atom. The molecule has 1 atom stereocenters. The molecule has 0 spiro atoms. The van der Waals surface area contributed by atoms with Crippen molar-refractivity contribution in [2.24, 2.45) is 5.73 Å². The summed E-state index contributed by atoms with van der Waals surface area (Å²) in [7, 11) is 0. The number of aryl methyl sites for hydroxylation is 1. The molecule has 0 aliphatic rings. The Morgan fingerprint density at radius 3 is 2.43 bits per heavy atom. The third-order valence-corrected chi connectivity index (χ3v) is 4.21. The topological polar surface area (TPSA) is 30.9 Å². The maximum Gasteiger partial charge on any atom is 0.0483 e. The zero-order chi connectivity index (χ0) is 14.7. The van der Waals surface area contributed by atoms with Crippen LogP contribution < -0.4 is 5.73 Å². The lowest BCUT2D eigenvalue weighted by Gasteiger charge is -2.14. The third-order valence-electron chi connectivity index (χ3n) is 4.21. The fraction of sp³-hybridized carbons (Fsp3) is 0.263. The molecule has 2 heteroatoms. The summed E-state index contributed by atoms with van der Waals surface area (Å²) in [4.78, 5) is 0. The lowest BCUT2D eigenvalue weighted by atomic mass is 9.92. The van der Waals surface area contributed by atoms with Crippen LogP contribution in [0.15, 0.2) is 60.8 Å². The Bertz CT molecular complexity index is 713. The van der Waals surface area contributed by atoms with E-state index in [1.54, 1.807) is 0 Å². The maximum absolute atomic E-state index is 6.09. The molecule has 1 heterocycles. The first-order chi connectivity index (χ1) is 10.3. The zero-order valence-corrected chi connectivity index (χ0v) is 12.5. The highest BCUT2D eigenvalue weighted by Crippen LogP contribution is 2.29. The van der Waals surface area contributed by atoms with Crippen molar-refractivity contribution in [1.29, 1.82) is 0 Å². The second kappa shape index (κ2) is 6.15. The molecule has 21 heavy (non-hydrogen) atoms. The molecule has 0 bridgehead atoms. The van der Waals surface area contributed by atoms with Crippen LogP contribution in [0.4, 0.5) is 0 Å². The second-order valence-electron chi connectivity index (χ2n) is 5.51. The smallest absolute Gasteiger partial charge is 0.0483 e. The molecule has 2 N–H and O–H groups in total. The van der Waals surface area contributed by atoms with Crippen LogP contribution in [0, 0.1) is 0 Å². The predicted octanol–water partition coefficient (Wildman–Crippen LogP) is 3.95. The summed E-state index contributed by atoms with van der Waals surface area (Å²) >= 11 is 0. The fourth-order valence-electron chi connectivity index (χ4n) is 3.08. The van der Waals surface area contributed by atoms with Crippen LogP contribution in [-0.2, 0) is 13.0 Å². The first-order valence-electron chi connectivity index (χ1n) is 7.65. The van der Waals surface area contributed by atoms with E-state index >= 15 is 0 Å². The van der Waals surface area contributed by atoms with Crippen molar-refractivity contribution in [2.75, 3.05) is 6.54 Å². The number of aromatic nitrogens is 1. The molecule has 0 saturated heterocycles. The Morgan fingerprint density at radius 2 is 1.71 bits per heavy atom. The molecule has 1 unspecified atom stereocenters. The summed E-state index contributed by atoms with van der Waals surface area (Å²) < 4.78 is 2.32. The fourth-order valence-corrected chi connectivity index (χ4v) is 3.08. The summed E-state index contributed by atoms with van der Waals surface area (Å²) in [6, 6.07) is 19.2. The van der Waals surface area contributed by atoms with E-state index in [9.17, 15) is 0 Å². The van der Waals surface area contributed by atoms with Crippen LogP contribution in [-0.4, -0.2) is 11.1 Å². The number of benzene rings is 2. The van der Waals surface area contributed by atoms with Gasteiger partial charge >= 0.3 is 0 Å². The van der Waals surface area contributed by atoms with Crippen LogP contribution in [0.3, 0.4) is 0 Å². The molecule has 0 radical (unpaired) electrons. The Kier molecular flexibility index (Phi) is 4.07. The Balaban J connectivity index is 2.01. The van der Waals surface area contributed by atoms with E-state index in [0.29, 0.717) is 12.5 Å². The predicted molar refractivity (Wildman–Crippen MR) is 89.6 cm³/mol. The minimum absolute atomic E-state index is 0.366. The quantitative estimate of drug-likeness (QED) is 0.753. The van der Waals surface area contributed by atoms with Crippen molar-refractivity contribution in [3.63, 3.8) is 0 Å². The Hall–Kier alpha value is -2.06. The van der Waals surface area contributed by atoms with Gasteiger partial charge in [-0.3, -0.25) is 0 Å². The van der Waals surface area contributed by atoms with Gasteiger partial charge in [0.25, 0.3) is 0 Å². The van der Waals surface area contributed by atoms with Crippen molar-refractivity contribution in [1.82, 2.24) is 4.57 Å². The lowest BCUT2D eigenvalue weighted by Crippen LogP contribution is -2.14. The van der Waals surface area contributed by atoms with Gasteiger partial charge in [0.15, 0.2) is 0 Å². The molecule has 3 aromatic rings. The molecule has 0 fully saturated rings. The van der Waals surface area contributed by atoms with Crippen LogP contribution in [0.25, 0.3) is 10.9 Å². The Labute approximate surface area is 126 Å². The van der Waals surface area contributed by atoms with Gasteiger partial charge < -0.3 is 10.3 Å². The SMILES string of the molecule is CCn1cc(C(CN)Cc2ccccc2)c2ccccc21. The van der Waals surface area contributed by atoms with Crippen LogP contribution in [0.2, 0.25) is 0 Å². The number of fused-ring (bicyclic) bond motifs is 1. The van der Waals surface area contributed by atoms with Gasteiger partial charge in [-0.25, -0.2) is 0 Å². The van der Waals surface area contributed by atoms with Gasteiger partial charge in [-0.05, 0) is 37.1 Å². The molecule has 0 aliphatic carbocycles. The molecular weight excluding hydrogens is 256 g/mol. The van der Waals surface area contributed by atoms with Crippen molar-refractivity contribution >= 4 is 10.9 Å². The van der Waals surface area contributed by atoms with Crippen molar-refractivity contribution in [3.8, 4) is 0 Å². The third kappa shape index (κ3) is 2.72. The molecule has 2 aromatic carbocycles. The van der Waals surface area contributed by atoms with E-state index in [1.165, 1.54) is 22.0 Å². The first-order valence-corrected chi connectivity index (χ1v) is 7.65. The van der Waals surface area contributed by atoms with Gasteiger partial charge in [0.2, 0.25) is 0 Å². The summed E-state index contributed by atoms with van der Waals surface area (Å²) in [5.41, 5.74) is 10.1. The minimum atomic E-state index is 0.366. The van der Waals surface area contributed by atoms with Gasteiger partial charge in [0.1, 0.15) is 0 Å². The van der Waals surface area contributed by atoms with Gasteiger partial charge in [0.05, 0.1) is 0 Å². The van der Waals surface area contributed by atoms with Crippen LogP contribution in [0.1, 0.15) is 24.0 Å². The van der Waals surface area contributed by atoms with Crippen molar-refractivity contribution < 1.29 is 0 Å². The number of nitrogens with two attached hydrogens (primary N) is 1. The number of rotatable bonds is 5. The average molecular weight is 278 g/mol. The summed E-state index contributed by atoms with van der Waals surface area (Å²) in [6.07, 6.45) is 3.28. The number of hydrogen-bond donors (Lipinski definition) is 1. The molecule has 108 valence electrons. The summed E-state index contributed by atoms with van der Waals surface area (Å²) in [6.45, 7) is 3.85. The molecular formula is C19H22N2. The lowest BCUT2D eigenvalue weighted by molar-refractivity contribution is 0.690. The number of para-hydroxylation sites is 1. The maximum atomic E-state index is 6.09. The van der Waals surface area contributed by atoms with E-state index in [2.05, 4.69) is 72.3 Å². The van der Waals surface area contributed by atoms with Gasteiger partial charge in [-0.15, -0.1) is 0 Å². The van der Waals surface area contributed by atoms with Crippen molar-refractivity contribution in [2.45, 2.75) is 25.8 Å². The van der Waals surface area contributed by atoms with Gasteiger partial charge in [-0.1, -0.05) is 48.5 Å². The first kappa shape index (κ1) is 13.9. The van der Waals surface area contributed by atoms with E-state index in [1.807, 2.05) is 0 Å². The molecule has 2 nitrogen and oxygen atoms in total. The van der Waals surface area contributed by atoms with E-state index in [-0.39, 0.29) is 0 Å². The van der Waals surface area contributed by atoms with Gasteiger partial charge in [-0.2, -0.15) is 0 Å². The second-order valence-corrected chi connectivity index (χ2v) is 5.51. The minimum Gasteiger partial charge on any atom is -0.347 e. The normalized spacial score (nSPS) is 12.7. The molecule has 1 aromatic heterocycles. The van der Waals surface area contributed by atoms with Gasteiger partial charge in [0, 0.05) is 29.6 Å². The standard InChI is InChI=1S/C19H22N2/c1-2-21-14-18(17-10-6-7-11-19(17)21)16(13-20)12-15-8-4-3-5-9-15/h3-11,14,16H,2,12-13,20H2,1H3. The molecule has 3 rings (SSSR count). The number of nitrogens with zero attached hydrogens (tertiary/aromatic N) is 1. The van der Waals surface area contributed by atoms with E-state index in [4.69, 9.17) is 5.73 Å². The summed E-state index contributed by atoms with van der Waals surface area (Å²) in [5, 5.41) is 1.34. The number of hydrogen-bond acceptors (Lipinski definition) is 1. The zero-order valence-electron chi connectivity index (χ0n) is 12.5. The highest BCUT2D eigenvalue weighted by Gasteiger charge is 2.16. The highest BCUT2D eigenvalue weighted by atomic mass is 14.9. The van der Waals surface area contributed by atoms with Crippen molar-refractivity contribution in [3.05, 3.63) is 71.9 Å². The molecule has 0 aliphatic heterocycles. The largest absolute Gasteiger partial charge is 0.347 e. The van der Waals surface area contributed by atoms with Crippen LogP contribution in [0.5, 0.6) is 0 Å². The van der Waals surface area contributed by atoms with E-state index < -0.39 is 0 Å². The molecule has 0 saturated carbocycles.